The fourth-order valence-electron chi connectivity index (χ4n) is 5.37. The summed E-state index contributed by atoms with van der Waals surface area (Å²) in [6.07, 6.45) is 3.84. The number of furan rings is 1. The van der Waals surface area contributed by atoms with Gasteiger partial charge in [0.1, 0.15) is 18.4 Å². The van der Waals surface area contributed by atoms with Gasteiger partial charge in [-0.25, -0.2) is 9.86 Å². The number of methoxy groups -OCH3 is 2. The van der Waals surface area contributed by atoms with Gasteiger partial charge in [0.15, 0.2) is 5.76 Å². The highest BCUT2D eigenvalue weighted by Gasteiger charge is 2.32. The second kappa shape index (κ2) is 20.9. The van der Waals surface area contributed by atoms with Crippen LogP contribution in [0.4, 0.5) is 0 Å². The van der Waals surface area contributed by atoms with E-state index in [1.54, 1.807) is 18.2 Å². The number of hydroxylamine groups is 2. The third-order valence-corrected chi connectivity index (χ3v) is 8.13. The highest BCUT2D eigenvalue weighted by molar-refractivity contribution is 5.98. The van der Waals surface area contributed by atoms with Crippen molar-refractivity contribution in [2.75, 3.05) is 20.9 Å². The molecule has 0 aliphatic rings. The third-order valence-electron chi connectivity index (χ3n) is 8.13. The molecule has 0 saturated carbocycles. The number of esters is 2. The van der Waals surface area contributed by atoms with Gasteiger partial charge in [-0.15, -0.1) is 0 Å². The Kier molecular flexibility index (Phi) is 16.4. The average Bonchev–Trinajstić information content (AvgIpc) is 3.66. The standard InChI is InChI=1S/C37H46N4O10/c1-5-7-9-17-28(30(6-2)41(24-42)50-22-25-13-10-8-11-14-25)35(45)38-23-39-36(46)32-19-18-31(51-32)26-15-12-16-27(20-26)34(44)40-29(37(47)49-4)21-33(43)48-3/h8,10-16,18-20,24,28-30H,5-7,9,17,21-23H2,1-4H3,(H,38,45)(H,39,46)(H,40,44). The number of unbranched alkanes of at least 4 members (excludes halogenated alkanes) is 2. The molecule has 3 unspecified atom stereocenters. The zero-order chi connectivity index (χ0) is 37.2. The number of rotatable bonds is 21. The van der Waals surface area contributed by atoms with Gasteiger partial charge in [0, 0.05) is 11.1 Å². The average molecular weight is 707 g/mol. The van der Waals surface area contributed by atoms with E-state index in [2.05, 4.69) is 32.3 Å². The molecule has 0 bridgehead atoms. The molecule has 3 aromatic rings. The van der Waals surface area contributed by atoms with E-state index in [4.69, 9.17) is 9.25 Å². The normalized spacial score (nSPS) is 12.5. The number of ether oxygens (including phenoxy) is 2. The first-order valence-electron chi connectivity index (χ1n) is 16.8. The Morgan fingerprint density at radius 2 is 1.65 bits per heavy atom. The maximum atomic E-state index is 13.5. The van der Waals surface area contributed by atoms with Gasteiger partial charge in [-0.3, -0.25) is 28.8 Å². The molecule has 0 fully saturated rings. The van der Waals surface area contributed by atoms with Crippen LogP contribution >= 0.6 is 0 Å². The van der Waals surface area contributed by atoms with Gasteiger partial charge in [-0.1, -0.05) is 75.6 Å². The lowest BCUT2D eigenvalue weighted by molar-refractivity contribution is -0.200. The van der Waals surface area contributed by atoms with Crippen molar-refractivity contribution in [1.82, 2.24) is 21.0 Å². The van der Waals surface area contributed by atoms with Crippen LogP contribution in [-0.4, -0.2) is 74.1 Å². The molecule has 0 aliphatic carbocycles. The molecular weight excluding hydrogens is 660 g/mol. The Morgan fingerprint density at radius 3 is 2.31 bits per heavy atom. The predicted octanol–water partition coefficient (Wildman–Crippen LogP) is 4.15. The molecule has 14 heteroatoms. The van der Waals surface area contributed by atoms with Crippen LogP contribution in [0, 0.1) is 5.92 Å². The molecule has 0 aliphatic heterocycles. The van der Waals surface area contributed by atoms with Gasteiger partial charge in [-0.2, -0.15) is 0 Å². The Balaban J connectivity index is 1.63. The van der Waals surface area contributed by atoms with Gasteiger partial charge in [0.05, 0.1) is 39.3 Å². The molecule has 0 radical (unpaired) electrons. The molecule has 2 aromatic carbocycles. The first kappa shape index (κ1) is 39.9. The number of carbonyl (C=O) groups excluding carboxylic acids is 6. The van der Waals surface area contributed by atoms with Crippen molar-refractivity contribution in [1.29, 1.82) is 0 Å². The highest BCUT2D eigenvalue weighted by Crippen LogP contribution is 2.24. The summed E-state index contributed by atoms with van der Waals surface area (Å²) in [4.78, 5) is 81.0. The third kappa shape index (κ3) is 12.1. The molecule has 274 valence electrons. The van der Waals surface area contributed by atoms with E-state index >= 15 is 0 Å². The molecule has 3 N–H and O–H groups in total. The van der Waals surface area contributed by atoms with Crippen molar-refractivity contribution in [2.45, 2.75) is 71.1 Å². The Morgan fingerprint density at radius 1 is 0.882 bits per heavy atom. The van der Waals surface area contributed by atoms with Crippen molar-refractivity contribution in [3.05, 3.63) is 83.6 Å². The number of nitrogens with zero attached hydrogens (tertiary/aromatic N) is 1. The summed E-state index contributed by atoms with van der Waals surface area (Å²) in [5.41, 5.74) is 1.51. The molecule has 51 heavy (non-hydrogen) atoms. The van der Waals surface area contributed by atoms with Crippen LogP contribution in [0.2, 0.25) is 0 Å². The van der Waals surface area contributed by atoms with E-state index in [0.29, 0.717) is 24.8 Å². The van der Waals surface area contributed by atoms with Crippen LogP contribution in [0.1, 0.15) is 78.8 Å². The predicted molar refractivity (Wildman–Crippen MR) is 185 cm³/mol. The largest absolute Gasteiger partial charge is 0.469 e. The van der Waals surface area contributed by atoms with Crippen molar-refractivity contribution < 1.29 is 47.5 Å². The van der Waals surface area contributed by atoms with Gasteiger partial charge in [-0.05, 0) is 42.7 Å². The monoisotopic (exact) mass is 706 g/mol. The molecule has 0 spiro atoms. The summed E-state index contributed by atoms with van der Waals surface area (Å²) in [5.74, 6) is -3.41. The molecule has 14 nitrogen and oxygen atoms in total. The summed E-state index contributed by atoms with van der Waals surface area (Å²) >= 11 is 0. The maximum absolute atomic E-state index is 13.5. The number of amides is 4. The van der Waals surface area contributed by atoms with Crippen LogP contribution in [0.15, 0.2) is 71.1 Å². The first-order chi connectivity index (χ1) is 24.6. The lowest BCUT2D eigenvalue weighted by Gasteiger charge is -2.32. The minimum absolute atomic E-state index is 0.0368. The van der Waals surface area contributed by atoms with Crippen LogP contribution < -0.4 is 16.0 Å². The van der Waals surface area contributed by atoms with Gasteiger partial charge in [0.25, 0.3) is 11.8 Å². The van der Waals surface area contributed by atoms with Crippen LogP contribution in [0.25, 0.3) is 11.3 Å². The van der Waals surface area contributed by atoms with E-state index in [1.807, 2.05) is 37.3 Å². The summed E-state index contributed by atoms with van der Waals surface area (Å²) in [6, 6.07) is 16.9. The van der Waals surface area contributed by atoms with E-state index in [1.165, 1.54) is 23.3 Å². The second-order valence-electron chi connectivity index (χ2n) is 11.6. The fourth-order valence-corrected chi connectivity index (χ4v) is 5.37. The van der Waals surface area contributed by atoms with E-state index < -0.39 is 48.2 Å². The summed E-state index contributed by atoms with van der Waals surface area (Å²) in [6.45, 7) is 3.93. The van der Waals surface area contributed by atoms with Gasteiger partial charge in [0.2, 0.25) is 12.3 Å². The topological polar surface area (TPSA) is 183 Å². The summed E-state index contributed by atoms with van der Waals surface area (Å²) in [7, 11) is 2.30. The highest BCUT2D eigenvalue weighted by atomic mass is 16.7. The Hall–Kier alpha value is -5.50. The number of benzene rings is 2. The molecule has 4 amide bonds. The molecular formula is C37H46N4O10. The first-order valence-corrected chi connectivity index (χ1v) is 16.8. The summed E-state index contributed by atoms with van der Waals surface area (Å²) < 4.78 is 15.0. The molecule has 3 rings (SSSR count). The molecule has 1 aromatic heterocycles. The molecule has 0 saturated heterocycles. The number of nitrogens with one attached hydrogen (secondary N) is 3. The number of hydrogen-bond donors (Lipinski definition) is 3. The van der Waals surface area contributed by atoms with E-state index in [-0.39, 0.29) is 36.3 Å². The van der Waals surface area contributed by atoms with Gasteiger partial charge < -0.3 is 29.8 Å². The van der Waals surface area contributed by atoms with Crippen LogP contribution in [0.3, 0.4) is 0 Å². The lowest BCUT2D eigenvalue weighted by atomic mass is 9.90. The Labute approximate surface area is 297 Å². The SMILES string of the molecule is CCCCCC(C(=O)NCNC(=O)c1ccc(-c2cccc(C(=O)NC(CC(=O)OC)C(=O)OC)c2)o1)C(CC)N(C=O)OCc1ccccc1. The van der Waals surface area contributed by atoms with Crippen molar-refractivity contribution in [3.63, 3.8) is 0 Å². The zero-order valence-electron chi connectivity index (χ0n) is 29.3. The van der Waals surface area contributed by atoms with Crippen molar-refractivity contribution in [3.8, 4) is 11.3 Å². The maximum Gasteiger partial charge on any atom is 0.328 e. The van der Waals surface area contributed by atoms with Crippen molar-refractivity contribution in [2.24, 2.45) is 5.92 Å². The lowest BCUT2D eigenvalue weighted by Crippen LogP contribution is -2.48. The van der Waals surface area contributed by atoms with Crippen LogP contribution in [-0.2, 0) is 40.1 Å². The fraction of sp³-hybridized carbons (Fsp3) is 0.405. The molecule has 1 heterocycles. The van der Waals surface area contributed by atoms with Gasteiger partial charge >= 0.3 is 11.9 Å². The zero-order valence-corrected chi connectivity index (χ0v) is 29.3. The molecule has 3 atom stereocenters. The van der Waals surface area contributed by atoms with Crippen molar-refractivity contribution >= 4 is 36.1 Å². The van der Waals surface area contributed by atoms with Crippen LogP contribution in [0.5, 0.6) is 0 Å². The number of carbonyl (C=O) groups is 6. The van der Waals surface area contributed by atoms with E-state index in [0.717, 1.165) is 39.0 Å². The number of hydrogen-bond acceptors (Lipinski definition) is 10. The smallest absolute Gasteiger partial charge is 0.328 e. The quantitative estimate of drug-likeness (QED) is 0.0479. The summed E-state index contributed by atoms with van der Waals surface area (Å²) in [5, 5.41) is 9.07. The minimum Gasteiger partial charge on any atom is -0.469 e. The van der Waals surface area contributed by atoms with E-state index in [9.17, 15) is 28.8 Å². The second-order valence-corrected chi connectivity index (χ2v) is 11.6. The Bertz CT molecular complexity index is 1610. The minimum atomic E-state index is -1.26.